The van der Waals surface area contributed by atoms with Crippen LogP contribution < -0.4 is 29.1 Å². The fourth-order valence-electron chi connectivity index (χ4n) is 3.97. The highest BCUT2D eigenvalue weighted by Crippen LogP contribution is 2.35. The minimum absolute atomic E-state index is 0.0738. The lowest BCUT2D eigenvalue weighted by Gasteiger charge is -2.23. The molecule has 0 amide bonds. The van der Waals surface area contributed by atoms with E-state index in [2.05, 4.69) is 20.9 Å². The molecule has 196 valence electrons. The number of nitriles is 1. The van der Waals surface area contributed by atoms with Gasteiger partial charge in [0.15, 0.2) is 22.9 Å². The van der Waals surface area contributed by atoms with Gasteiger partial charge >= 0.3 is 5.97 Å². The third kappa shape index (κ3) is 5.51. The molecule has 1 aliphatic rings. The topological polar surface area (TPSA) is 112 Å². The zero-order chi connectivity index (χ0) is 27.2. The number of esters is 1. The normalized spacial score (nSPS) is 14.6. The molecule has 1 aromatic heterocycles. The summed E-state index contributed by atoms with van der Waals surface area (Å²) in [5.74, 6) is 1.02. The van der Waals surface area contributed by atoms with Crippen LogP contribution in [0.5, 0.6) is 17.2 Å². The number of methoxy groups -OCH3 is 1. The van der Waals surface area contributed by atoms with Crippen LogP contribution >= 0.6 is 27.3 Å². The number of nitrogens with zero attached hydrogens (tertiary/aromatic N) is 3. The van der Waals surface area contributed by atoms with Crippen LogP contribution in [-0.4, -0.2) is 37.5 Å². The Balaban J connectivity index is 1.84. The third-order valence-electron chi connectivity index (χ3n) is 5.55. The number of hydrogen-bond acceptors (Lipinski definition) is 9. The summed E-state index contributed by atoms with van der Waals surface area (Å²) < 4.78 is 24.4. The first-order valence-electron chi connectivity index (χ1n) is 11.7. The molecule has 0 spiro atoms. The first-order chi connectivity index (χ1) is 18.4. The molecule has 0 fully saturated rings. The molecule has 0 bridgehead atoms. The van der Waals surface area contributed by atoms with E-state index in [-0.39, 0.29) is 17.7 Å². The molecule has 4 rings (SSSR count). The van der Waals surface area contributed by atoms with Gasteiger partial charge in [-0.3, -0.25) is 9.36 Å². The first kappa shape index (κ1) is 27.2. The van der Waals surface area contributed by atoms with Crippen LogP contribution in [0.3, 0.4) is 0 Å². The molecule has 0 unspecified atom stereocenters. The lowest BCUT2D eigenvalue weighted by Crippen LogP contribution is -2.39. The van der Waals surface area contributed by atoms with Crippen molar-refractivity contribution in [2.75, 3.05) is 26.9 Å². The molecule has 1 atom stereocenters. The minimum Gasteiger partial charge on any atom is -0.490 e. The maximum atomic E-state index is 13.7. The Morgan fingerprint density at radius 2 is 1.87 bits per heavy atom. The van der Waals surface area contributed by atoms with Crippen LogP contribution in [0.2, 0.25) is 0 Å². The standard InChI is InChI=1S/C27H24BrN3O6S/c1-4-35-21-9-7-17(14-22(21)36-5-2)24-18(26(33)34-3)15-30-27-31(24)25(32)23(38-27)13-16-6-8-20(19(28)12-16)37-11-10-29/h6-9,12-15,24H,4-5,11H2,1-3H3/b23-13-/t24-/m1/s1. The van der Waals surface area contributed by atoms with Gasteiger partial charge in [0.1, 0.15) is 11.8 Å². The highest BCUT2D eigenvalue weighted by atomic mass is 79.9. The van der Waals surface area contributed by atoms with Crippen molar-refractivity contribution in [3.05, 3.63) is 83.5 Å². The second kappa shape index (κ2) is 12.1. The molecule has 3 aromatic rings. The number of rotatable bonds is 9. The number of hydrogen-bond donors (Lipinski definition) is 0. The van der Waals surface area contributed by atoms with Gasteiger partial charge in [-0.05, 0) is 71.2 Å². The van der Waals surface area contributed by atoms with Crippen LogP contribution in [0, 0.1) is 11.3 Å². The van der Waals surface area contributed by atoms with Crippen LogP contribution in [-0.2, 0) is 9.53 Å². The van der Waals surface area contributed by atoms with Crippen molar-refractivity contribution < 1.29 is 23.7 Å². The predicted molar refractivity (Wildman–Crippen MR) is 145 cm³/mol. The van der Waals surface area contributed by atoms with Crippen molar-refractivity contribution >= 4 is 39.3 Å². The summed E-state index contributed by atoms with van der Waals surface area (Å²) >= 11 is 4.65. The molecular weight excluding hydrogens is 574 g/mol. The highest BCUT2D eigenvalue weighted by Gasteiger charge is 2.31. The smallest absolute Gasteiger partial charge is 0.337 e. The molecule has 38 heavy (non-hydrogen) atoms. The number of thiazole rings is 1. The van der Waals surface area contributed by atoms with Crippen molar-refractivity contribution in [3.63, 3.8) is 0 Å². The van der Waals surface area contributed by atoms with E-state index in [1.165, 1.54) is 29.2 Å². The average molecular weight is 598 g/mol. The lowest BCUT2D eigenvalue weighted by molar-refractivity contribution is -0.136. The van der Waals surface area contributed by atoms with Crippen molar-refractivity contribution in [2.24, 2.45) is 4.99 Å². The van der Waals surface area contributed by atoms with E-state index in [9.17, 15) is 9.59 Å². The number of carbonyl (C=O) groups excluding carboxylic acids is 1. The molecule has 2 heterocycles. The number of benzene rings is 2. The van der Waals surface area contributed by atoms with Gasteiger partial charge in [0, 0.05) is 6.20 Å². The summed E-state index contributed by atoms with van der Waals surface area (Å²) in [5.41, 5.74) is 1.31. The SMILES string of the molecule is CCOc1ccc([C@@H]2C(C(=O)OC)=CN=c3s/c(=C\c4ccc(OCC#N)c(Br)c4)c(=O)n32)cc1OCC. The Labute approximate surface area is 231 Å². The number of fused-ring (bicyclic) bond motifs is 1. The maximum absolute atomic E-state index is 13.7. The Kier molecular flexibility index (Phi) is 8.66. The van der Waals surface area contributed by atoms with Crippen molar-refractivity contribution in [1.82, 2.24) is 4.57 Å². The monoisotopic (exact) mass is 597 g/mol. The predicted octanol–water partition coefficient (Wildman–Crippen LogP) is 3.48. The largest absolute Gasteiger partial charge is 0.490 e. The molecule has 0 saturated heterocycles. The molecule has 9 nitrogen and oxygen atoms in total. The molecular formula is C27H24BrN3O6S. The number of ether oxygens (including phenoxy) is 4. The molecule has 0 N–H and O–H groups in total. The van der Waals surface area contributed by atoms with Gasteiger partial charge in [0.05, 0.1) is 40.9 Å². The Morgan fingerprint density at radius 1 is 1.13 bits per heavy atom. The van der Waals surface area contributed by atoms with E-state index in [1.54, 1.807) is 42.5 Å². The van der Waals surface area contributed by atoms with Gasteiger partial charge in [0.2, 0.25) is 0 Å². The van der Waals surface area contributed by atoms with E-state index in [4.69, 9.17) is 24.2 Å². The molecule has 0 saturated carbocycles. The minimum atomic E-state index is -0.774. The van der Waals surface area contributed by atoms with Gasteiger partial charge in [-0.15, -0.1) is 0 Å². The van der Waals surface area contributed by atoms with Gasteiger partial charge in [-0.2, -0.15) is 5.26 Å². The van der Waals surface area contributed by atoms with Gasteiger partial charge in [-0.25, -0.2) is 9.79 Å². The zero-order valence-corrected chi connectivity index (χ0v) is 23.3. The zero-order valence-electron chi connectivity index (χ0n) is 20.9. The van der Waals surface area contributed by atoms with Crippen LogP contribution in [0.1, 0.15) is 31.0 Å². The molecule has 0 aliphatic carbocycles. The fourth-order valence-corrected chi connectivity index (χ4v) is 5.45. The van der Waals surface area contributed by atoms with Gasteiger partial charge in [0.25, 0.3) is 5.56 Å². The number of aromatic nitrogens is 1. The van der Waals surface area contributed by atoms with Crippen LogP contribution in [0.4, 0.5) is 0 Å². The second-order valence-electron chi connectivity index (χ2n) is 7.88. The van der Waals surface area contributed by atoms with Crippen LogP contribution in [0.15, 0.2) is 62.4 Å². The second-order valence-corrected chi connectivity index (χ2v) is 9.75. The molecule has 1 aliphatic heterocycles. The van der Waals surface area contributed by atoms with E-state index in [0.29, 0.717) is 49.8 Å². The Bertz CT molecular complexity index is 1620. The van der Waals surface area contributed by atoms with Gasteiger partial charge < -0.3 is 18.9 Å². The summed E-state index contributed by atoms with van der Waals surface area (Å²) in [5, 5.41) is 8.74. The van der Waals surface area contributed by atoms with Crippen molar-refractivity contribution in [1.29, 1.82) is 5.26 Å². The third-order valence-corrected chi connectivity index (χ3v) is 7.17. The highest BCUT2D eigenvalue weighted by molar-refractivity contribution is 9.10. The molecule has 2 aromatic carbocycles. The van der Waals surface area contributed by atoms with Crippen molar-refractivity contribution in [2.45, 2.75) is 19.9 Å². The van der Waals surface area contributed by atoms with E-state index in [1.807, 2.05) is 19.9 Å². The summed E-state index contributed by atoms with van der Waals surface area (Å²) in [6.45, 7) is 4.55. The summed E-state index contributed by atoms with van der Waals surface area (Å²) in [6.07, 6.45) is 3.19. The number of halogens is 1. The summed E-state index contributed by atoms with van der Waals surface area (Å²) in [4.78, 5) is 31.3. The first-order valence-corrected chi connectivity index (χ1v) is 13.3. The van der Waals surface area contributed by atoms with Crippen LogP contribution in [0.25, 0.3) is 6.08 Å². The van der Waals surface area contributed by atoms with E-state index in [0.717, 1.165) is 5.56 Å². The Morgan fingerprint density at radius 3 is 2.55 bits per heavy atom. The fraction of sp³-hybridized carbons (Fsp3) is 0.259. The van der Waals surface area contributed by atoms with Gasteiger partial charge in [-0.1, -0.05) is 23.5 Å². The van der Waals surface area contributed by atoms with E-state index >= 15 is 0 Å². The quantitative estimate of drug-likeness (QED) is 0.347. The molecule has 11 heteroatoms. The van der Waals surface area contributed by atoms with E-state index < -0.39 is 12.0 Å². The summed E-state index contributed by atoms with van der Waals surface area (Å²) in [7, 11) is 1.29. The lowest BCUT2D eigenvalue weighted by atomic mass is 9.97. The molecule has 0 radical (unpaired) electrons. The number of carbonyl (C=O) groups is 1. The Hall–Kier alpha value is -3.88. The summed E-state index contributed by atoms with van der Waals surface area (Å²) in [6, 6.07) is 11.8. The van der Waals surface area contributed by atoms with Crippen molar-refractivity contribution in [3.8, 4) is 23.3 Å². The maximum Gasteiger partial charge on any atom is 0.337 e. The average Bonchev–Trinajstić information content (AvgIpc) is 3.23.